The lowest BCUT2D eigenvalue weighted by molar-refractivity contribution is -0.137. The molecule has 3 rings (SSSR count). The van der Waals surface area contributed by atoms with Gasteiger partial charge in [0.15, 0.2) is 0 Å². The molecule has 0 fully saturated rings. The fraction of sp³-hybridized carbons (Fsp3) is 0.286. The lowest BCUT2D eigenvalue weighted by Gasteiger charge is -2.12. The zero-order chi connectivity index (χ0) is 22.8. The van der Waals surface area contributed by atoms with E-state index in [4.69, 9.17) is 11.6 Å². The van der Waals surface area contributed by atoms with Gasteiger partial charge in [0.2, 0.25) is 5.91 Å². The summed E-state index contributed by atoms with van der Waals surface area (Å²) < 4.78 is 40.4. The molecule has 164 valence electrons. The smallest absolute Gasteiger partial charge is 0.351 e. The Morgan fingerprint density at radius 3 is 2.65 bits per heavy atom. The molecule has 0 aliphatic rings. The number of imidazole rings is 1. The molecule has 2 amide bonds. The fourth-order valence-corrected chi connectivity index (χ4v) is 3.39. The minimum atomic E-state index is -4.61. The summed E-state index contributed by atoms with van der Waals surface area (Å²) in [4.78, 5) is 29.0. The normalized spacial score (nSPS) is 11.5. The van der Waals surface area contributed by atoms with Crippen molar-refractivity contribution in [2.24, 2.45) is 0 Å². The van der Waals surface area contributed by atoms with E-state index in [-0.39, 0.29) is 24.6 Å². The van der Waals surface area contributed by atoms with Crippen molar-refractivity contribution >= 4 is 34.7 Å². The number of rotatable bonds is 6. The highest BCUT2D eigenvalue weighted by atomic mass is 35.5. The Morgan fingerprint density at radius 1 is 1.19 bits per heavy atom. The number of nitrogens with one attached hydrogen (secondary N) is 2. The highest BCUT2D eigenvalue weighted by molar-refractivity contribution is 6.31. The van der Waals surface area contributed by atoms with E-state index in [2.05, 4.69) is 15.6 Å². The zero-order valence-electron chi connectivity index (χ0n) is 16.8. The molecule has 2 aromatic heterocycles. The number of carbonyl (C=O) groups excluding carboxylic acids is 2. The van der Waals surface area contributed by atoms with Crippen molar-refractivity contribution in [2.75, 3.05) is 11.9 Å². The number of carbonyl (C=O) groups is 2. The fourth-order valence-electron chi connectivity index (χ4n) is 3.17. The maximum absolute atomic E-state index is 12.9. The first-order valence-corrected chi connectivity index (χ1v) is 9.85. The molecule has 0 saturated heterocycles. The van der Waals surface area contributed by atoms with Crippen molar-refractivity contribution in [1.82, 2.24) is 14.7 Å². The summed E-state index contributed by atoms with van der Waals surface area (Å²) >= 11 is 5.57. The van der Waals surface area contributed by atoms with Crippen LogP contribution in [0.5, 0.6) is 0 Å². The number of aromatic nitrogens is 2. The monoisotopic (exact) mass is 452 g/mol. The van der Waals surface area contributed by atoms with Crippen LogP contribution in [0.3, 0.4) is 0 Å². The number of halogens is 4. The average molecular weight is 453 g/mol. The van der Waals surface area contributed by atoms with Crippen LogP contribution in [-0.4, -0.2) is 27.7 Å². The molecule has 10 heteroatoms. The Kier molecular flexibility index (Phi) is 6.54. The summed E-state index contributed by atoms with van der Waals surface area (Å²) in [5, 5.41) is 4.72. The van der Waals surface area contributed by atoms with E-state index in [9.17, 15) is 22.8 Å². The topological polar surface area (TPSA) is 75.5 Å². The van der Waals surface area contributed by atoms with Gasteiger partial charge in [0.25, 0.3) is 5.91 Å². The summed E-state index contributed by atoms with van der Waals surface area (Å²) in [6.45, 7) is 3.87. The number of alkyl halides is 3. The predicted molar refractivity (Wildman–Crippen MR) is 111 cm³/mol. The van der Waals surface area contributed by atoms with Crippen molar-refractivity contribution in [2.45, 2.75) is 32.9 Å². The largest absolute Gasteiger partial charge is 0.417 e. The third-order valence-electron chi connectivity index (χ3n) is 4.66. The molecule has 0 spiro atoms. The molecule has 6 nitrogen and oxygen atoms in total. The molecule has 0 aliphatic carbocycles. The van der Waals surface area contributed by atoms with E-state index in [1.165, 1.54) is 6.07 Å². The number of anilines is 1. The van der Waals surface area contributed by atoms with Crippen LogP contribution in [0.1, 0.15) is 40.2 Å². The number of pyridine rings is 1. The third kappa shape index (κ3) is 5.16. The van der Waals surface area contributed by atoms with Crippen molar-refractivity contribution in [3.8, 4) is 0 Å². The number of nitrogens with zero attached hydrogens (tertiary/aromatic N) is 2. The molecule has 2 heterocycles. The highest BCUT2D eigenvalue weighted by Crippen LogP contribution is 2.36. The first-order chi connectivity index (χ1) is 14.6. The molecule has 0 radical (unpaired) electrons. The van der Waals surface area contributed by atoms with Gasteiger partial charge in [-0.25, -0.2) is 4.98 Å². The molecule has 1 aromatic carbocycles. The number of hydrogen-bond acceptors (Lipinski definition) is 3. The van der Waals surface area contributed by atoms with E-state index in [1.54, 1.807) is 17.5 Å². The van der Waals surface area contributed by atoms with E-state index < -0.39 is 22.7 Å². The van der Waals surface area contributed by atoms with Gasteiger partial charge in [-0.05, 0) is 50.1 Å². The number of aryl methyl sites for hydroxylation is 2. The maximum Gasteiger partial charge on any atom is 0.417 e. The Labute approximate surface area is 181 Å². The Hall–Kier alpha value is -3.07. The highest BCUT2D eigenvalue weighted by Gasteiger charge is 2.33. The summed E-state index contributed by atoms with van der Waals surface area (Å²) in [5.74, 6) is -0.783. The Balaban J connectivity index is 1.54. The van der Waals surface area contributed by atoms with Crippen molar-refractivity contribution in [3.05, 3.63) is 64.1 Å². The Morgan fingerprint density at radius 2 is 1.94 bits per heavy atom. The van der Waals surface area contributed by atoms with E-state index in [1.807, 2.05) is 19.1 Å². The average Bonchev–Trinajstić information content (AvgIpc) is 3.03. The minimum Gasteiger partial charge on any atom is -0.351 e. The molecule has 0 unspecified atom stereocenters. The summed E-state index contributed by atoms with van der Waals surface area (Å²) in [5.41, 5.74) is 1.64. The first-order valence-electron chi connectivity index (χ1n) is 9.47. The molecular weight excluding hydrogens is 433 g/mol. The second-order valence-corrected chi connectivity index (χ2v) is 7.44. The maximum atomic E-state index is 12.9. The summed E-state index contributed by atoms with van der Waals surface area (Å²) in [6.07, 6.45) is -2.52. The minimum absolute atomic E-state index is 0.00230. The zero-order valence-corrected chi connectivity index (χ0v) is 17.6. The Bertz CT molecular complexity index is 1140. The second kappa shape index (κ2) is 8.97. The molecule has 2 N–H and O–H groups in total. The van der Waals surface area contributed by atoms with Gasteiger partial charge in [-0.15, -0.1) is 0 Å². The van der Waals surface area contributed by atoms with Crippen LogP contribution in [0.4, 0.5) is 18.9 Å². The molecule has 0 aliphatic heterocycles. The van der Waals surface area contributed by atoms with Gasteiger partial charge in [0.05, 0.1) is 16.3 Å². The van der Waals surface area contributed by atoms with E-state index in [0.717, 1.165) is 17.7 Å². The molecule has 0 saturated carbocycles. The van der Waals surface area contributed by atoms with E-state index >= 15 is 0 Å². The third-order valence-corrected chi connectivity index (χ3v) is 4.99. The van der Waals surface area contributed by atoms with Crippen LogP contribution in [-0.2, 0) is 11.0 Å². The molecule has 3 aromatic rings. The van der Waals surface area contributed by atoms with Crippen LogP contribution in [0.15, 0.2) is 36.5 Å². The van der Waals surface area contributed by atoms with Gasteiger partial charge in [0, 0.05) is 24.8 Å². The lowest BCUT2D eigenvalue weighted by atomic mass is 10.2. The lowest BCUT2D eigenvalue weighted by Crippen LogP contribution is -2.27. The van der Waals surface area contributed by atoms with Crippen LogP contribution >= 0.6 is 11.6 Å². The van der Waals surface area contributed by atoms with Crippen molar-refractivity contribution in [3.63, 3.8) is 0 Å². The van der Waals surface area contributed by atoms with E-state index in [0.29, 0.717) is 23.5 Å². The van der Waals surface area contributed by atoms with Crippen molar-refractivity contribution in [1.29, 1.82) is 0 Å². The molecular formula is C21H20ClF3N4O2. The first kappa shape index (κ1) is 22.6. The quantitative estimate of drug-likeness (QED) is 0.529. The molecule has 31 heavy (non-hydrogen) atoms. The number of amides is 2. The number of benzene rings is 1. The second-order valence-electron chi connectivity index (χ2n) is 7.03. The predicted octanol–water partition coefficient (Wildman–Crippen LogP) is 4.77. The van der Waals surface area contributed by atoms with Gasteiger partial charge in [0.1, 0.15) is 11.3 Å². The molecule has 0 atom stereocenters. The van der Waals surface area contributed by atoms with Crippen LogP contribution in [0.2, 0.25) is 5.02 Å². The van der Waals surface area contributed by atoms with Crippen LogP contribution in [0, 0.1) is 13.8 Å². The molecule has 0 bridgehead atoms. The number of fused-ring (bicyclic) bond motifs is 1. The van der Waals surface area contributed by atoms with Crippen molar-refractivity contribution < 1.29 is 22.8 Å². The number of hydrogen-bond donors (Lipinski definition) is 2. The van der Waals surface area contributed by atoms with Gasteiger partial charge in [-0.1, -0.05) is 17.7 Å². The summed E-state index contributed by atoms with van der Waals surface area (Å²) in [7, 11) is 0. The van der Waals surface area contributed by atoms with Crippen LogP contribution in [0.25, 0.3) is 5.65 Å². The van der Waals surface area contributed by atoms with Gasteiger partial charge in [-0.2, -0.15) is 13.2 Å². The van der Waals surface area contributed by atoms with Gasteiger partial charge >= 0.3 is 6.18 Å². The van der Waals surface area contributed by atoms with Crippen LogP contribution < -0.4 is 10.6 Å². The van der Waals surface area contributed by atoms with Gasteiger partial charge < -0.3 is 10.6 Å². The standard InChI is InChI=1S/C21H20ClF3N4O2/c1-12-5-4-10-29-18(13(2)27-19(12)29)20(31)26-9-3-6-17(30)28-14-7-8-16(22)15(11-14)21(23,24)25/h4-5,7-8,10-11H,3,6,9H2,1-2H3,(H,26,31)(H,28,30). The van der Waals surface area contributed by atoms with Gasteiger partial charge in [-0.3, -0.25) is 14.0 Å². The summed E-state index contributed by atoms with van der Waals surface area (Å²) in [6, 6.07) is 6.90. The SMILES string of the molecule is Cc1nc2c(C)cccn2c1C(=O)NCCCC(=O)Nc1ccc(Cl)c(C(F)(F)F)c1.